The molecule has 2 amide bonds. The van der Waals surface area contributed by atoms with Crippen LogP contribution in [0.1, 0.15) is 6.42 Å². The molecule has 1 fully saturated rings. The number of hydrogen-bond donors (Lipinski definition) is 1. The summed E-state index contributed by atoms with van der Waals surface area (Å²) in [5, 5.41) is 2.73. The van der Waals surface area contributed by atoms with E-state index in [4.69, 9.17) is 0 Å². The maximum Gasteiger partial charge on any atom is 0.229 e. The largest absolute Gasteiger partial charge is 0.347 e. The van der Waals surface area contributed by atoms with Gasteiger partial charge in [-0.05, 0) is 24.3 Å². The van der Waals surface area contributed by atoms with Gasteiger partial charge < -0.3 is 15.1 Å². The number of halogens is 1. The van der Waals surface area contributed by atoms with Gasteiger partial charge in [0, 0.05) is 32.7 Å². The number of carbonyl (C=O) groups excluding carboxylic acids is 2. The predicted octanol–water partition coefficient (Wildman–Crippen LogP) is 1.67. The fraction of sp³-hybridized carbons (Fsp3) is 0.294. The van der Waals surface area contributed by atoms with Crippen LogP contribution in [-0.4, -0.2) is 42.4 Å². The average molecular weight is 343 g/mol. The van der Waals surface area contributed by atoms with Crippen LogP contribution < -0.4 is 15.1 Å². The second kappa shape index (κ2) is 6.84. The Hall–Kier alpha value is -3.03. The van der Waals surface area contributed by atoms with Crippen LogP contribution in [0, 0.1) is 11.7 Å². The monoisotopic (exact) mass is 343 g/mol. The first-order chi connectivity index (χ1) is 11.9. The highest BCUT2D eigenvalue weighted by Gasteiger charge is 2.35. The second-order valence-electron chi connectivity index (χ2n) is 6.04. The zero-order chi connectivity index (χ0) is 18.0. The fourth-order valence-corrected chi connectivity index (χ4v) is 2.61. The van der Waals surface area contributed by atoms with Gasteiger partial charge in [0.2, 0.25) is 17.8 Å². The Balaban J connectivity index is 1.65. The van der Waals surface area contributed by atoms with Gasteiger partial charge in [-0.15, -0.1) is 0 Å². The Morgan fingerprint density at radius 3 is 2.48 bits per heavy atom. The zero-order valence-electron chi connectivity index (χ0n) is 13.9. The van der Waals surface area contributed by atoms with Crippen molar-refractivity contribution in [2.75, 3.05) is 35.8 Å². The van der Waals surface area contributed by atoms with Crippen molar-refractivity contribution in [1.82, 2.24) is 9.97 Å². The van der Waals surface area contributed by atoms with Crippen molar-refractivity contribution in [3.63, 3.8) is 0 Å². The van der Waals surface area contributed by atoms with E-state index in [9.17, 15) is 14.0 Å². The third kappa shape index (κ3) is 3.73. The molecule has 1 aliphatic heterocycles. The van der Waals surface area contributed by atoms with E-state index in [2.05, 4.69) is 15.3 Å². The molecule has 0 saturated carbocycles. The lowest BCUT2D eigenvalue weighted by molar-refractivity contribution is -0.122. The van der Waals surface area contributed by atoms with Crippen molar-refractivity contribution in [2.24, 2.45) is 5.92 Å². The van der Waals surface area contributed by atoms with Gasteiger partial charge in [-0.1, -0.05) is 0 Å². The van der Waals surface area contributed by atoms with Crippen LogP contribution in [0.4, 0.5) is 21.7 Å². The number of rotatable bonds is 4. The summed E-state index contributed by atoms with van der Waals surface area (Å²) in [7, 11) is 3.64. The Morgan fingerprint density at radius 1 is 1.24 bits per heavy atom. The van der Waals surface area contributed by atoms with E-state index in [0.29, 0.717) is 17.3 Å². The summed E-state index contributed by atoms with van der Waals surface area (Å²) in [4.78, 5) is 36.1. The van der Waals surface area contributed by atoms with E-state index in [-0.39, 0.29) is 30.6 Å². The molecule has 1 N–H and O–H groups in total. The molecule has 0 aliphatic carbocycles. The molecule has 7 nitrogen and oxygen atoms in total. The molecule has 1 aromatic carbocycles. The number of nitrogens with zero attached hydrogens (tertiary/aromatic N) is 4. The van der Waals surface area contributed by atoms with Crippen LogP contribution in [0.2, 0.25) is 0 Å². The number of carbonyl (C=O) groups is 2. The van der Waals surface area contributed by atoms with Gasteiger partial charge >= 0.3 is 0 Å². The molecule has 0 bridgehead atoms. The predicted molar refractivity (Wildman–Crippen MR) is 91.8 cm³/mol. The first-order valence-corrected chi connectivity index (χ1v) is 7.80. The molecule has 1 saturated heterocycles. The molecular formula is C17H18FN5O2. The highest BCUT2D eigenvalue weighted by Crippen LogP contribution is 2.26. The molecule has 0 radical (unpaired) electrons. The van der Waals surface area contributed by atoms with E-state index in [0.717, 1.165) is 0 Å². The van der Waals surface area contributed by atoms with Crippen molar-refractivity contribution >= 4 is 29.1 Å². The molecule has 1 unspecified atom stereocenters. The lowest BCUT2D eigenvalue weighted by Crippen LogP contribution is -2.28. The number of anilines is 3. The second-order valence-corrected chi connectivity index (χ2v) is 6.04. The fourth-order valence-electron chi connectivity index (χ4n) is 2.61. The molecule has 8 heteroatoms. The molecule has 1 atom stereocenters. The first kappa shape index (κ1) is 16.8. The van der Waals surface area contributed by atoms with Gasteiger partial charge in [0.05, 0.1) is 24.0 Å². The van der Waals surface area contributed by atoms with Gasteiger partial charge in [0.25, 0.3) is 0 Å². The van der Waals surface area contributed by atoms with Gasteiger partial charge in [-0.2, -0.15) is 0 Å². The summed E-state index contributed by atoms with van der Waals surface area (Å²) < 4.78 is 13.0. The molecule has 2 aromatic rings. The van der Waals surface area contributed by atoms with Crippen molar-refractivity contribution in [3.8, 4) is 0 Å². The third-order valence-electron chi connectivity index (χ3n) is 3.94. The summed E-state index contributed by atoms with van der Waals surface area (Å²) in [5.74, 6) is -0.737. The minimum Gasteiger partial charge on any atom is -0.347 e. The SMILES string of the molecule is CN(C)c1ncc(NC(=O)C2CC(=O)N(c3ccc(F)cc3)C2)cn1. The number of hydrogen-bond acceptors (Lipinski definition) is 5. The number of amides is 2. The van der Waals surface area contributed by atoms with Crippen molar-refractivity contribution < 1.29 is 14.0 Å². The van der Waals surface area contributed by atoms with Gasteiger partial charge in [0.1, 0.15) is 5.82 Å². The smallest absolute Gasteiger partial charge is 0.229 e. The number of aromatic nitrogens is 2. The highest BCUT2D eigenvalue weighted by atomic mass is 19.1. The van der Waals surface area contributed by atoms with E-state index in [1.165, 1.54) is 41.6 Å². The molecule has 2 heterocycles. The van der Waals surface area contributed by atoms with Crippen molar-refractivity contribution in [1.29, 1.82) is 0 Å². The van der Waals surface area contributed by atoms with E-state index in [1.807, 2.05) is 14.1 Å². The van der Waals surface area contributed by atoms with Gasteiger partial charge in [0.15, 0.2) is 0 Å². The third-order valence-corrected chi connectivity index (χ3v) is 3.94. The van der Waals surface area contributed by atoms with Gasteiger partial charge in [-0.25, -0.2) is 14.4 Å². The minimum atomic E-state index is -0.480. The first-order valence-electron chi connectivity index (χ1n) is 7.80. The summed E-state index contributed by atoms with van der Waals surface area (Å²) >= 11 is 0. The maximum absolute atomic E-state index is 13.0. The molecule has 130 valence electrons. The standard InChI is InChI=1S/C17H18FN5O2/c1-22(2)17-19-8-13(9-20-17)21-16(25)11-7-15(24)23(10-11)14-5-3-12(18)4-6-14/h3-6,8-9,11H,7,10H2,1-2H3,(H,21,25). The molecular weight excluding hydrogens is 325 g/mol. The van der Waals surface area contributed by atoms with Crippen LogP contribution in [-0.2, 0) is 9.59 Å². The van der Waals surface area contributed by atoms with Crippen LogP contribution in [0.15, 0.2) is 36.7 Å². The Labute approximate surface area is 144 Å². The molecule has 0 spiro atoms. The Kier molecular flexibility index (Phi) is 4.60. The van der Waals surface area contributed by atoms with Crippen LogP contribution >= 0.6 is 0 Å². The minimum absolute atomic E-state index is 0.111. The summed E-state index contributed by atoms with van der Waals surface area (Å²) in [6.45, 7) is 0.257. The summed E-state index contributed by atoms with van der Waals surface area (Å²) in [6, 6.07) is 5.64. The molecule has 3 rings (SSSR count). The molecule has 25 heavy (non-hydrogen) atoms. The maximum atomic E-state index is 13.0. The van der Waals surface area contributed by atoms with Crippen LogP contribution in [0.5, 0.6) is 0 Å². The van der Waals surface area contributed by atoms with E-state index in [1.54, 1.807) is 4.90 Å². The van der Waals surface area contributed by atoms with Crippen molar-refractivity contribution in [3.05, 3.63) is 42.5 Å². The Bertz CT molecular complexity index is 777. The normalized spacial score (nSPS) is 16.8. The summed E-state index contributed by atoms with van der Waals surface area (Å²) in [5.41, 5.74) is 1.06. The highest BCUT2D eigenvalue weighted by molar-refractivity contribution is 6.03. The average Bonchev–Trinajstić information content (AvgIpc) is 2.98. The van der Waals surface area contributed by atoms with Gasteiger partial charge in [-0.3, -0.25) is 9.59 Å². The van der Waals surface area contributed by atoms with E-state index >= 15 is 0 Å². The molecule has 1 aliphatic rings. The number of nitrogens with one attached hydrogen (secondary N) is 1. The topological polar surface area (TPSA) is 78.4 Å². The van der Waals surface area contributed by atoms with E-state index < -0.39 is 5.92 Å². The quantitative estimate of drug-likeness (QED) is 0.914. The Morgan fingerprint density at radius 2 is 1.88 bits per heavy atom. The van der Waals surface area contributed by atoms with Crippen molar-refractivity contribution in [2.45, 2.75) is 6.42 Å². The van der Waals surface area contributed by atoms with Crippen LogP contribution in [0.3, 0.4) is 0 Å². The van der Waals surface area contributed by atoms with Crippen LogP contribution in [0.25, 0.3) is 0 Å². The lowest BCUT2D eigenvalue weighted by atomic mass is 10.1. The molecule has 1 aromatic heterocycles. The number of benzene rings is 1. The summed E-state index contributed by atoms with van der Waals surface area (Å²) in [6.07, 6.45) is 3.16. The zero-order valence-corrected chi connectivity index (χ0v) is 13.9. The lowest BCUT2D eigenvalue weighted by Gasteiger charge is -2.16.